The zero-order valence-electron chi connectivity index (χ0n) is 19.2. The van der Waals surface area contributed by atoms with Gasteiger partial charge in [-0.2, -0.15) is 4.98 Å². The quantitative estimate of drug-likeness (QED) is 0.396. The first-order valence-electron chi connectivity index (χ1n) is 11.5. The van der Waals surface area contributed by atoms with Gasteiger partial charge in [-0.3, -0.25) is 4.98 Å². The van der Waals surface area contributed by atoms with Crippen molar-refractivity contribution in [1.82, 2.24) is 19.9 Å². The average Bonchev–Trinajstić information content (AvgIpc) is 3.43. The van der Waals surface area contributed by atoms with Gasteiger partial charge in [0.05, 0.1) is 39.7 Å². The van der Waals surface area contributed by atoms with Gasteiger partial charge >= 0.3 is 0 Å². The standard InChI is InChI=1S/C23H28F2N6O2S/c1-10-16(21-30-17-11(2)26-7-6-15(17)34-21)20(31-22(28-10)27-9-12-4-5-12)29-14-8-13(23(3,24)25)18(32)19(14)33/h6-7,12-14,18-19,32-33H,4-5,8-9H2,1-3H3,(H2,27,28,29,31)/t13-,14+,18+,19-/m0/s1. The van der Waals surface area contributed by atoms with Crippen LogP contribution in [0.15, 0.2) is 12.3 Å². The van der Waals surface area contributed by atoms with Gasteiger partial charge in [-0.15, -0.1) is 11.3 Å². The van der Waals surface area contributed by atoms with E-state index in [4.69, 9.17) is 4.98 Å². The number of anilines is 2. The number of aryl methyl sites for hydroxylation is 2. The van der Waals surface area contributed by atoms with E-state index in [9.17, 15) is 19.0 Å². The Morgan fingerprint density at radius 2 is 1.88 bits per heavy atom. The van der Waals surface area contributed by atoms with Crippen molar-refractivity contribution in [3.63, 3.8) is 0 Å². The van der Waals surface area contributed by atoms with E-state index in [0.717, 1.165) is 29.4 Å². The van der Waals surface area contributed by atoms with E-state index in [2.05, 4.69) is 25.6 Å². The largest absolute Gasteiger partial charge is 0.390 e. The molecule has 4 atom stereocenters. The van der Waals surface area contributed by atoms with Crippen LogP contribution in [0.3, 0.4) is 0 Å². The highest BCUT2D eigenvalue weighted by Gasteiger charge is 2.51. The first kappa shape index (κ1) is 23.3. The van der Waals surface area contributed by atoms with Crippen molar-refractivity contribution >= 4 is 33.3 Å². The Morgan fingerprint density at radius 1 is 1.12 bits per heavy atom. The molecule has 3 aromatic rings. The van der Waals surface area contributed by atoms with Crippen LogP contribution in [0.4, 0.5) is 20.5 Å². The number of aromatic nitrogens is 4. The Hall–Kier alpha value is -2.50. The van der Waals surface area contributed by atoms with Crippen LogP contribution < -0.4 is 10.6 Å². The summed E-state index contributed by atoms with van der Waals surface area (Å²) in [7, 11) is 0. The number of hydrogen-bond donors (Lipinski definition) is 4. The highest BCUT2D eigenvalue weighted by atomic mass is 32.1. The molecule has 0 aromatic carbocycles. The molecule has 0 radical (unpaired) electrons. The first-order valence-corrected chi connectivity index (χ1v) is 12.3. The number of nitrogens with zero attached hydrogens (tertiary/aromatic N) is 4. The summed E-state index contributed by atoms with van der Waals surface area (Å²) in [4.78, 5) is 18.3. The Labute approximate surface area is 199 Å². The molecule has 0 bridgehead atoms. The van der Waals surface area contributed by atoms with Crippen molar-refractivity contribution in [3.05, 3.63) is 23.7 Å². The summed E-state index contributed by atoms with van der Waals surface area (Å²) in [6, 6.07) is 1.09. The molecular formula is C23H28F2N6O2S. The molecule has 5 rings (SSSR count). The van der Waals surface area contributed by atoms with E-state index >= 15 is 0 Å². The van der Waals surface area contributed by atoms with Gasteiger partial charge in [0.2, 0.25) is 5.95 Å². The van der Waals surface area contributed by atoms with Gasteiger partial charge in [0.25, 0.3) is 5.92 Å². The second kappa shape index (κ2) is 8.62. The normalized spacial score (nSPS) is 25.1. The maximum atomic E-state index is 14.0. The van der Waals surface area contributed by atoms with E-state index < -0.39 is 30.1 Å². The highest BCUT2D eigenvalue weighted by molar-refractivity contribution is 7.21. The third-order valence-corrected chi connectivity index (χ3v) is 7.73. The summed E-state index contributed by atoms with van der Waals surface area (Å²) >= 11 is 1.47. The number of alkyl halides is 2. The number of fused-ring (bicyclic) bond motifs is 1. The average molecular weight is 491 g/mol. The van der Waals surface area contributed by atoms with Crippen LogP contribution in [0, 0.1) is 25.7 Å². The Kier molecular flexibility index (Phi) is 5.89. The van der Waals surface area contributed by atoms with Crippen LogP contribution in [-0.4, -0.2) is 60.9 Å². The molecule has 34 heavy (non-hydrogen) atoms. The first-order chi connectivity index (χ1) is 16.1. The molecule has 0 aliphatic heterocycles. The summed E-state index contributed by atoms with van der Waals surface area (Å²) in [6.45, 7) is 5.28. The Bertz CT molecular complexity index is 1210. The monoisotopic (exact) mass is 490 g/mol. The van der Waals surface area contributed by atoms with Gasteiger partial charge in [0.1, 0.15) is 22.4 Å². The van der Waals surface area contributed by atoms with Crippen molar-refractivity contribution in [2.75, 3.05) is 17.2 Å². The van der Waals surface area contributed by atoms with E-state index in [1.54, 1.807) is 6.20 Å². The minimum absolute atomic E-state index is 0.0952. The molecule has 2 saturated carbocycles. The third kappa shape index (κ3) is 4.44. The number of pyridine rings is 1. The summed E-state index contributed by atoms with van der Waals surface area (Å²) in [5, 5.41) is 27.9. The summed E-state index contributed by atoms with van der Waals surface area (Å²) in [5.74, 6) is -3.03. The minimum atomic E-state index is -3.12. The van der Waals surface area contributed by atoms with Crippen LogP contribution in [0.5, 0.6) is 0 Å². The smallest absolute Gasteiger partial charge is 0.250 e. The lowest BCUT2D eigenvalue weighted by atomic mass is 9.98. The topological polar surface area (TPSA) is 116 Å². The predicted molar refractivity (Wildman–Crippen MR) is 127 cm³/mol. The van der Waals surface area contributed by atoms with Gasteiger partial charge in [0, 0.05) is 12.7 Å². The highest BCUT2D eigenvalue weighted by Crippen LogP contribution is 2.42. The Morgan fingerprint density at radius 3 is 2.53 bits per heavy atom. The number of halogens is 2. The van der Waals surface area contributed by atoms with E-state index in [1.807, 2.05) is 19.9 Å². The molecule has 4 N–H and O–H groups in total. The van der Waals surface area contributed by atoms with E-state index in [1.165, 1.54) is 24.2 Å². The molecule has 2 fully saturated rings. The summed E-state index contributed by atoms with van der Waals surface area (Å²) in [6.07, 6.45) is 1.09. The van der Waals surface area contributed by atoms with E-state index in [-0.39, 0.29) is 6.42 Å². The molecule has 0 saturated heterocycles. The number of thiazole rings is 1. The summed E-state index contributed by atoms with van der Waals surface area (Å²) < 4.78 is 29.0. The van der Waals surface area contributed by atoms with Gasteiger partial charge in [-0.05, 0) is 52.0 Å². The lowest BCUT2D eigenvalue weighted by molar-refractivity contribution is -0.0950. The van der Waals surface area contributed by atoms with Crippen LogP contribution >= 0.6 is 11.3 Å². The van der Waals surface area contributed by atoms with Gasteiger partial charge in [0.15, 0.2) is 0 Å². The van der Waals surface area contributed by atoms with Gasteiger partial charge < -0.3 is 20.8 Å². The van der Waals surface area contributed by atoms with Crippen molar-refractivity contribution in [1.29, 1.82) is 0 Å². The maximum Gasteiger partial charge on any atom is 0.250 e. The molecule has 11 heteroatoms. The molecule has 8 nitrogen and oxygen atoms in total. The number of rotatable bonds is 7. The number of aliphatic hydroxyl groups is 2. The van der Waals surface area contributed by atoms with Crippen LogP contribution in [0.1, 0.15) is 37.6 Å². The Balaban J connectivity index is 1.53. The molecule has 3 aromatic heterocycles. The van der Waals surface area contributed by atoms with Crippen molar-refractivity contribution in [2.24, 2.45) is 11.8 Å². The fraction of sp³-hybridized carbons (Fsp3) is 0.565. The van der Waals surface area contributed by atoms with Crippen molar-refractivity contribution in [2.45, 2.75) is 64.2 Å². The number of aliphatic hydroxyl groups excluding tert-OH is 2. The SMILES string of the molecule is Cc1nc(NCC2CC2)nc(N[C@@H]2C[C@H](C(C)(F)F)[C@@H](O)[C@H]2O)c1-c1nc2c(C)nccc2s1. The second-order valence-corrected chi connectivity index (χ2v) is 10.5. The third-order valence-electron chi connectivity index (χ3n) is 6.70. The maximum absolute atomic E-state index is 14.0. The molecule has 0 unspecified atom stereocenters. The molecule has 0 spiro atoms. The van der Waals surface area contributed by atoms with Gasteiger partial charge in [-0.1, -0.05) is 0 Å². The molecule has 0 amide bonds. The van der Waals surface area contributed by atoms with Crippen LogP contribution in [0.25, 0.3) is 20.8 Å². The van der Waals surface area contributed by atoms with Crippen LogP contribution in [0.2, 0.25) is 0 Å². The zero-order chi connectivity index (χ0) is 24.2. The lowest BCUT2D eigenvalue weighted by Crippen LogP contribution is -2.38. The minimum Gasteiger partial charge on any atom is -0.390 e. The summed E-state index contributed by atoms with van der Waals surface area (Å²) in [5.41, 5.74) is 2.90. The fourth-order valence-electron chi connectivity index (χ4n) is 4.51. The fourth-order valence-corrected chi connectivity index (χ4v) is 5.62. The van der Waals surface area contributed by atoms with Gasteiger partial charge in [-0.25, -0.2) is 18.7 Å². The zero-order valence-corrected chi connectivity index (χ0v) is 20.0. The lowest BCUT2D eigenvalue weighted by Gasteiger charge is -2.22. The predicted octanol–water partition coefficient (Wildman–Crippen LogP) is 3.76. The number of nitrogens with one attached hydrogen (secondary N) is 2. The van der Waals surface area contributed by atoms with Crippen LogP contribution in [-0.2, 0) is 0 Å². The molecule has 182 valence electrons. The molecule has 2 aliphatic carbocycles. The molecule has 3 heterocycles. The molecular weight excluding hydrogens is 462 g/mol. The molecule has 2 aliphatic rings. The second-order valence-electron chi connectivity index (χ2n) is 9.47. The van der Waals surface area contributed by atoms with Crippen molar-refractivity contribution in [3.8, 4) is 10.6 Å². The van der Waals surface area contributed by atoms with E-state index in [0.29, 0.717) is 33.9 Å². The number of hydrogen-bond acceptors (Lipinski definition) is 9. The van der Waals surface area contributed by atoms with Crippen molar-refractivity contribution < 1.29 is 19.0 Å².